The van der Waals surface area contributed by atoms with E-state index in [0.717, 1.165) is 77.0 Å². The van der Waals surface area contributed by atoms with Crippen LogP contribution < -0.4 is 0 Å². The molecule has 0 aliphatic carbocycles. The fourth-order valence-electron chi connectivity index (χ4n) is 11.0. The Labute approximate surface area is 511 Å². The van der Waals surface area contributed by atoms with E-state index in [2.05, 4.69) is 69.4 Å². The Morgan fingerprint density at radius 1 is 0.244 bits per heavy atom. The van der Waals surface area contributed by atoms with Crippen LogP contribution >= 0.6 is 0 Å². The lowest BCUT2D eigenvalue weighted by Gasteiger charge is -2.18. The number of carbonyl (C=O) groups is 3. The van der Waals surface area contributed by atoms with Crippen LogP contribution in [0.25, 0.3) is 0 Å². The summed E-state index contributed by atoms with van der Waals surface area (Å²) in [4.78, 5) is 38.5. The second kappa shape index (κ2) is 70.9. The molecule has 1 atom stereocenters. The summed E-state index contributed by atoms with van der Waals surface area (Å²) in [5.41, 5.74) is 0. The first-order chi connectivity index (χ1) is 40.5. The number of rotatable bonds is 68. The molecule has 6 nitrogen and oxygen atoms in total. The zero-order valence-electron chi connectivity index (χ0n) is 55.3. The van der Waals surface area contributed by atoms with Gasteiger partial charge in [0, 0.05) is 19.3 Å². The van der Waals surface area contributed by atoms with Crippen molar-refractivity contribution in [3.8, 4) is 0 Å². The lowest BCUT2D eigenvalue weighted by Crippen LogP contribution is -2.30. The molecule has 0 fully saturated rings. The molecular formula is C76H140O6. The molecule has 82 heavy (non-hydrogen) atoms. The van der Waals surface area contributed by atoms with E-state index in [0.29, 0.717) is 19.3 Å². The van der Waals surface area contributed by atoms with Gasteiger partial charge in [0.05, 0.1) is 0 Å². The molecule has 0 heterocycles. The van der Waals surface area contributed by atoms with Gasteiger partial charge in [-0.15, -0.1) is 0 Å². The van der Waals surface area contributed by atoms with Crippen LogP contribution in [-0.2, 0) is 28.6 Å². The molecule has 0 aromatic rings. The summed E-state index contributed by atoms with van der Waals surface area (Å²) in [7, 11) is 0. The first kappa shape index (κ1) is 79.4. The van der Waals surface area contributed by atoms with Crippen LogP contribution in [0.5, 0.6) is 0 Å². The molecule has 0 spiro atoms. The monoisotopic (exact) mass is 1150 g/mol. The van der Waals surface area contributed by atoms with E-state index >= 15 is 0 Å². The number of hydrogen-bond donors (Lipinski definition) is 0. The summed E-state index contributed by atoms with van der Waals surface area (Å²) in [5, 5.41) is 0. The molecule has 480 valence electrons. The zero-order valence-corrected chi connectivity index (χ0v) is 55.3. The van der Waals surface area contributed by atoms with Crippen LogP contribution in [0.4, 0.5) is 0 Å². The summed E-state index contributed by atoms with van der Waals surface area (Å²) in [6, 6.07) is 0. The van der Waals surface area contributed by atoms with E-state index in [4.69, 9.17) is 14.2 Å². The van der Waals surface area contributed by atoms with E-state index < -0.39 is 6.10 Å². The van der Waals surface area contributed by atoms with Crippen molar-refractivity contribution in [2.24, 2.45) is 0 Å². The summed E-state index contributed by atoms with van der Waals surface area (Å²) in [6.45, 7) is 6.68. The van der Waals surface area contributed by atoms with Gasteiger partial charge in [0.2, 0.25) is 0 Å². The molecule has 0 aromatic carbocycles. The average molecular weight is 1150 g/mol. The SMILES string of the molecule is CCCCC/C=C\C/C=C\C/C=C\CCCCCCCCC(=O)OC(COC(=O)CCCCCCCCCCCCCCCCC/C=C\CCCCCCCCCC)COC(=O)CCCCCCCCCCCCCCCCCCCC. The molecular weight excluding hydrogens is 1010 g/mol. The molecule has 0 N–H and O–H groups in total. The van der Waals surface area contributed by atoms with E-state index in [1.807, 2.05) is 0 Å². The van der Waals surface area contributed by atoms with Crippen molar-refractivity contribution in [1.82, 2.24) is 0 Å². The highest BCUT2D eigenvalue weighted by molar-refractivity contribution is 5.71. The van der Waals surface area contributed by atoms with E-state index in [9.17, 15) is 14.4 Å². The predicted molar refractivity (Wildman–Crippen MR) is 358 cm³/mol. The largest absolute Gasteiger partial charge is 0.462 e. The summed E-state index contributed by atoms with van der Waals surface area (Å²) in [6.07, 6.45) is 90.0. The van der Waals surface area contributed by atoms with Gasteiger partial charge in [-0.1, -0.05) is 345 Å². The van der Waals surface area contributed by atoms with Gasteiger partial charge in [0.25, 0.3) is 0 Å². The Hall–Kier alpha value is -2.63. The van der Waals surface area contributed by atoms with Crippen molar-refractivity contribution in [3.63, 3.8) is 0 Å². The number of ether oxygens (including phenoxy) is 3. The highest BCUT2D eigenvalue weighted by Crippen LogP contribution is 2.18. The number of unbranched alkanes of at least 4 members (excludes halogenated alkanes) is 49. The number of esters is 3. The highest BCUT2D eigenvalue weighted by Gasteiger charge is 2.19. The van der Waals surface area contributed by atoms with Gasteiger partial charge in [-0.05, 0) is 83.5 Å². The third-order valence-corrected chi connectivity index (χ3v) is 16.6. The molecule has 0 rings (SSSR count). The van der Waals surface area contributed by atoms with Gasteiger partial charge in [0.15, 0.2) is 6.10 Å². The second-order valence-electron chi connectivity index (χ2n) is 24.9. The first-order valence-electron chi connectivity index (χ1n) is 36.6. The molecule has 6 heteroatoms. The summed E-state index contributed by atoms with van der Waals surface area (Å²) >= 11 is 0. The Morgan fingerprint density at radius 2 is 0.439 bits per heavy atom. The first-order valence-corrected chi connectivity index (χ1v) is 36.6. The minimum atomic E-state index is -0.780. The third-order valence-electron chi connectivity index (χ3n) is 16.6. The summed E-state index contributed by atoms with van der Waals surface area (Å²) < 4.78 is 17.0. The number of hydrogen-bond acceptors (Lipinski definition) is 6. The van der Waals surface area contributed by atoms with Crippen molar-refractivity contribution in [2.45, 2.75) is 406 Å². The average Bonchev–Trinajstić information content (AvgIpc) is 3.47. The fourth-order valence-corrected chi connectivity index (χ4v) is 11.0. The predicted octanol–water partition coefficient (Wildman–Crippen LogP) is 25.3. The quantitative estimate of drug-likeness (QED) is 0.0261. The number of allylic oxidation sites excluding steroid dienone is 8. The van der Waals surface area contributed by atoms with Gasteiger partial charge in [-0.3, -0.25) is 14.4 Å². The van der Waals surface area contributed by atoms with Crippen LogP contribution in [0.3, 0.4) is 0 Å². The van der Waals surface area contributed by atoms with Crippen LogP contribution in [-0.4, -0.2) is 37.2 Å². The maximum absolute atomic E-state index is 13.0. The van der Waals surface area contributed by atoms with Crippen LogP contribution in [0.2, 0.25) is 0 Å². The van der Waals surface area contributed by atoms with Gasteiger partial charge in [-0.25, -0.2) is 0 Å². The van der Waals surface area contributed by atoms with Gasteiger partial charge < -0.3 is 14.2 Å². The van der Waals surface area contributed by atoms with Crippen molar-refractivity contribution in [1.29, 1.82) is 0 Å². The number of carbonyl (C=O) groups excluding carboxylic acids is 3. The fraction of sp³-hybridized carbons (Fsp3) is 0.855. The molecule has 0 saturated heterocycles. The van der Waals surface area contributed by atoms with Crippen molar-refractivity contribution < 1.29 is 28.6 Å². The highest BCUT2D eigenvalue weighted by atomic mass is 16.6. The Morgan fingerprint density at radius 3 is 0.720 bits per heavy atom. The van der Waals surface area contributed by atoms with Gasteiger partial charge in [-0.2, -0.15) is 0 Å². The van der Waals surface area contributed by atoms with E-state index in [1.165, 1.54) is 283 Å². The maximum Gasteiger partial charge on any atom is 0.306 e. The second-order valence-corrected chi connectivity index (χ2v) is 24.9. The third kappa shape index (κ3) is 68.2. The zero-order chi connectivity index (χ0) is 59.2. The standard InChI is InChI=1S/C76H140O6/c1-4-7-10-13-16-19-22-25-28-31-34-35-36-37-38-39-40-41-43-45-48-51-54-57-60-63-66-69-75(78)81-72-73(71-80-74(77)68-65-62-59-56-53-50-47-44-33-30-27-24-21-18-15-12-9-6-3)82-76(79)70-67-64-61-58-55-52-49-46-42-32-29-26-23-20-17-14-11-8-5-2/h17,20,26,29,31,34,42,46,73H,4-16,18-19,21-25,27-28,30,32-33,35-41,43-45,47-72H2,1-3H3/b20-17-,29-26-,34-31-,46-42-. The molecule has 0 saturated carbocycles. The van der Waals surface area contributed by atoms with Crippen molar-refractivity contribution in [3.05, 3.63) is 48.6 Å². The maximum atomic E-state index is 13.0. The van der Waals surface area contributed by atoms with E-state index in [1.54, 1.807) is 0 Å². The molecule has 0 aromatic heterocycles. The molecule has 0 radical (unpaired) electrons. The Kier molecular flexibility index (Phi) is 68.6. The van der Waals surface area contributed by atoms with Crippen LogP contribution in [0.1, 0.15) is 400 Å². The lowest BCUT2D eigenvalue weighted by atomic mass is 10.0. The molecule has 0 aliphatic rings. The van der Waals surface area contributed by atoms with Gasteiger partial charge >= 0.3 is 17.9 Å². The van der Waals surface area contributed by atoms with E-state index in [-0.39, 0.29) is 31.1 Å². The molecule has 0 aliphatic heterocycles. The minimum absolute atomic E-state index is 0.0735. The smallest absolute Gasteiger partial charge is 0.306 e. The normalized spacial score (nSPS) is 12.3. The molecule has 0 bridgehead atoms. The Bertz CT molecular complexity index is 1410. The van der Waals surface area contributed by atoms with Crippen LogP contribution in [0, 0.1) is 0 Å². The van der Waals surface area contributed by atoms with Crippen molar-refractivity contribution in [2.75, 3.05) is 13.2 Å². The minimum Gasteiger partial charge on any atom is -0.462 e. The lowest BCUT2D eigenvalue weighted by molar-refractivity contribution is -0.167. The van der Waals surface area contributed by atoms with Crippen molar-refractivity contribution >= 4 is 17.9 Å². The molecule has 0 amide bonds. The molecule has 1 unspecified atom stereocenters. The topological polar surface area (TPSA) is 78.9 Å². The summed E-state index contributed by atoms with van der Waals surface area (Å²) in [5.74, 6) is -0.856. The van der Waals surface area contributed by atoms with Crippen LogP contribution in [0.15, 0.2) is 48.6 Å². The van der Waals surface area contributed by atoms with Gasteiger partial charge in [0.1, 0.15) is 13.2 Å². The Balaban J connectivity index is 4.29.